The first kappa shape index (κ1) is 16.9. The van der Waals surface area contributed by atoms with Crippen molar-refractivity contribution in [1.82, 2.24) is 24.9 Å². The van der Waals surface area contributed by atoms with Gasteiger partial charge in [-0.05, 0) is 27.7 Å². The molecular weight excluding hydrogens is 294 g/mol. The highest BCUT2D eigenvalue weighted by Gasteiger charge is 2.22. The Hall–Kier alpha value is -2.44. The molecule has 0 bridgehead atoms. The molecule has 2 aromatic heterocycles. The van der Waals surface area contributed by atoms with E-state index < -0.39 is 0 Å². The van der Waals surface area contributed by atoms with Gasteiger partial charge in [-0.25, -0.2) is 4.68 Å². The van der Waals surface area contributed by atoms with E-state index in [0.29, 0.717) is 24.5 Å². The minimum atomic E-state index is -0.116. The van der Waals surface area contributed by atoms with E-state index in [2.05, 4.69) is 15.3 Å². The minimum Gasteiger partial charge on any atom is -0.496 e. The van der Waals surface area contributed by atoms with E-state index in [1.807, 2.05) is 20.8 Å². The highest BCUT2D eigenvalue weighted by Crippen LogP contribution is 2.24. The van der Waals surface area contributed by atoms with Crippen LogP contribution in [-0.2, 0) is 13.1 Å². The zero-order chi connectivity index (χ0) is 17.1. The molecule has 0 aromatic carbocycles. The maximum atomic E-state index is 12.7. The zero-order valence-corrected chi connectivity index (χ0v) is 14.5. The van der Waals surface area contributed by atoms with Crippen molar-refractivity contribution in [2.24, 2.45) is 0 Å². The Labute approximate surface area is 136 Å². The first-order chi connectivity index (χ1) is 10.9. The predicted molar refractivity (Wildman–Crippen MR) is 86.5 cm³/mol. The smallest absolute Gasteiger partial charge is 0.274 e. The average Bonchev–Trinajstić information content (AvgIpc) is 2.90. The Morgan fingerprint density at radius 2 is 2.04 bits per heavy atom. The Balaban J connectivity index is 2.27. The predicted octanol–water partition coefficient (Wildman–Crippen LogP) is 1.90. The molecule has 0 aliphatic carbocycles. The van der Waals surface area contributed by atoms with Crippen LogP contribution in [0.3, 0.4) is 0 Å². The fourth-order valence-corrected chi connectivity index (χ4v) is 2.59. The largest absolute Gasteiger partial charge is 0.496 e. The van der Waals surface area contributed by atoms with Crippen molar-refractivity contribution in [3.63, 3.8) is 0 Å². The number of nitrogens with zero attached hydrogens (tertiary/aromatic N) is 5. The first-order valence-electron chi connectivity index (χ1n) is 7.55. The lowest BCUT2D eigenvalue weighted by Crippen LogP contribution is -2.29. The minimum absolute atomic E-state index is 0.116. The first-order valence-corrected chi connectivity index (χ1v) is 7.55. The summed E-state index contributed by atoms with van der Waals surface area (Å²) in [4.78, 5) is 18.8. The molecule has 0 aliphatic heterocycles. The van der Waals surface area contributed by atoms with Gasteiger partial charge in [-0.1, -0.05) is 5.21 Å². The molecule has 2 heterocycles. The molecule has 0 saturated heterocycles. The second-order valence-corrected chi connectivity index (χ2v) is 5.55. The van der Waals surface area contributed by atoms with E-state index in [1.165, 1.54) is 0 Å². The van der Waals surface area contributed by atoms with Crippen molar-refractivity contribution in [3.05, 3.63) is 34.4 Å². The van der Waals surface area contributed by atoms with E-state index in [0.717, 1.165) is 22.6 Å². The van der Waals surface area contributed by atoms with Gasteiger partial charge in [-0.3, -0.25) is 9.78 Å². The van der Waals surface area contributed by atoms with Gasteiger partial charge < -0.3 is 9.64 Å². The third-order valence-corrected chi connectivity index (χ3v) is 3.89. The molecule has 1 amide bonds. The monoisotopic (exact) mass is 317 g/mol. The van der Waals surface area contributed by atoms with Crippen molar-refractivity contribution in [1.29, 1.82) is 0 Å². The Kier molecular flexibility index (Phi) is 4.98. The number of hydrogen-bond donors (Lipinski definition) is 0. The van der Waals surface area contributed by atoms with Crippen LogP contribution in [-0.4, -0.2) is 44.9 Å². The second kappa shape index (κ2) is 6.76. The van der Waals surface area contributed by atoms with E-state index in [1.54, 1.807) is 36.9 Å². The van der Waals surface area contributed by atoms with Gasteiger partial charge >= 0.3 is 0 Å². The average molecular weight is 317 g/mol. The normalized spacial score (nSPS) is 10.7. The van der Waals surface area contributed by atoms with E-state index >= 15 is 0 Å². The van der Waals surface area contributed by atoms with Crippen LogP contribution in [0.1, 0.15) is 39.9 Å². The van der Waals surface area contributed by atoms with Crippen LogP contribution in [0, 0.1) is 20.8 Å². The molecule has 0 saturated carbocycles. The summed E-state index contributed by atoms with van der Waals surface area (Å²) >= 11 is 0. The van der Waals surface area contributed by atoms with Gasteiger partial charge in [0.05, 0.1) is 25.0 Å². The number of rotatable bonds is 5. The van der Waals surface area contributed by atoms with E-state index in [4.69, 9.17) is 4.74 Å². The van der Waals surface area contributed by atoms with Crippen LogP contribution in [0.5, 0.6) is 5.75 Å². The third-order valence-electron chi connectivity index (χ3n) is 3.89. The number of aromatic nitrogens is 4. The lowest BCUT2D eigenvalue weighted by atomic mass is 10.1. The van der Waals surface area contributed by atoms with Gasteiger partial charge in [0.25, 0.3) is 5.91 Å². The second-order valence-electron chi connectivity index (χ2n) is 5.55. The SMILES string of the molecule is CCn1nnc(C)c1C(=O)N(C)Cc1ncc(C)c(OC)c1C. The number of pyridine rings is 1. The molecule has 23 heavy (non-hydrogen) atoms. The van der Waals surface area contributed by atoms with Gasteiger partial charge in [0.1, 0.15) is 11.4 Å². The molecular formula is C16H23N5O2. The number of ether oxygens (including phenoxy) is 1. The molecule has 124 valence electrons. The standard InChI is InChI=1S/C16H23N5O2/c1-7-21-14(12(4)18-19-21)16(22)20(5)9-13-11(3)15(23-6)10(2)8-17-13/h8H,7,9H2,1-6H3. The molecule has 0 fully saturated rings. The lowest BCUT2D eigenvalue weighted by Gasteiger charge is -2.19. The van der Waals surface area contributed by atoms with E-state index in [9.17, 15) is 4.79 Å². The van der Waals surface area contributed by atoms with Gasteiger partial charge in [0.2, 0.25) is 0 Å². The molecule has 0 radical (unpaired) electrons. The molecule has 0 spiro atoms. The van der Waals surface area contributed by atoms with Crippen molar-refractivity contribution in [3.8, 4) is 5.75 Å². The quantitative estimate of drug-likeness (QED) is 0.842. The fourth-order valence-electron chi connectivity index (χ4n) is 2.59. The lowest BCUT2D eigenvalue weighted by molar-refractivity contribution is 0.0770. The van der Waals surface area contributed by atoms with Gasteiger partial charge in [0.15, 0.2) is 0 Å². The Morgan fingerprint density at radius 3 is 2.65 bits per heavy atom. The topological polar surface area (TPSA) is 73.1 Å². The Morgan fingerprint density at radius 1 is 1.35 bits per heavy atom. The maximum absolute atomic E-state index is 12.7. The number of amides is 1. The molecule has 0 atom stereocenters. The number of hydrogen-bond acceptors (Lipinski definition) is 5. The molecule has 7 nitrogen and oxygen atoms in total. The third kappa shape index (κ3) is 3.18. The number of carbonyl (C=O) groups is 1. The Bertz CT molecular complexity index is 724. The summed E-state index contributed by atoms with van der Waals surface area (Å²) in [6.07, 6.45) is 1.77. The van der Waals surface area contributed by atoms with Gasteiger partial charge in [0, 0.05) is 30.9 Å². The number of methoxy groups -OCH3 is 1. The van der Waals surface area contributed by atoms with Gasteiger partial charge in [-0.15, -0.1) is 5.10 Å². The summed E-state index contributed by atoms with van der Waals surface area (Å²) in [6, 6.07) is 0. The molecule has 7 heteroatoms. The summed E-state index contributed by atoms with van der Waals surface area (Å²) in [5.74, 6) is 0.697. The highest BCUT2D eigenvalue weighted by atomic mass is 16.5. The summed E-state index contributed by atoms with van der Waals surface area (Å²) < 4.78 is 7.03. The fraction of sp³-hybridized carbons (Fsp3) is 0.500. The van der Waals surface area contributed by atoms with Crippen molar-refractivity contribution >= 4 is 5.91 Å². The number of aryl methyl sites for hydroxylation is 3. The van der Waals surface area contributed by atoms with Gasteiger partial charge in [-0.2, -0.15) is 0 Å². The molecule has 0 unspecified atom stereocenters. The highest BCUT2D eigenvalue weighted by molar-refractivity contribution is 5.93. The summed E-state index contributed by atoms with van der Waals surface area (Å²) in [7, 11) is 3.39. The molecule has 0 aliphatic rings. The van der Waals surface area contributed by atoms with Crippen molar-refractivity contribution in [2.45, 2.75) is 40.8 Å². The molecule has 2 aromatic rings. The summed E-state index contributed by atoms with van der Waals surface area (Å²) in [6.45, 7) is 8.63. The molecule has 0 N–H and O–H groups in total. The van der Waals surface area contributed by atoms with Crippen LogP contribution in [0.4, 0.5) is 0 Å². The van der Waals surface area contributed by atoms with Crippen LogP contribution < -0.4 is 4.74 Å². The van der Waals surface area contributed by atoms with E-state index in [-0.39, 0.29) is 5.91 Å². The van der Waals surface area contributed by atoms with Crippen LogP contribution in [0.15, 0.2) is 6.20 Å². The summed E-state index contributed by atoms with van der Waals surface area (Å²) in [5, 5.41) is 7.97. The van der Waals surface area contributed by atoms with Crippen LogP contribution in [0.2, 0.25) is 0 Å². The number of carbonyl (C=O) groups excluding carboxylic acids is 1. The van der Waals surface area contributed by atoms with Crippen molar-refractivity contribution < 1.29 is 9.53 Å². The van der Waals surface area contributed by atoms with Crippen molar-refractivity contribution in [2.75, 3.05) is 14.2 Å². The maximum Gasteiger partial charge on any atom is 0.274 e. The summed E-state index contributed by atoms with van der Waals surface area (Å²) in [5.41, 5.74) is 3.90. The van der Waals surface area contributed by atoms with Crippen LogP contribution >= 0.6 is 0 Å². The zero-order valence-electron chi connectivity index (χ0n) is 14.5. The molecule has 2 rings (SSSR count). The van der Waals surface area contributed by atoms with Crippen LogP contribution in [0.25, 0.3) is 0 Å².